The molecule has 162 valence electrons. The summed E-state index contributed by atoms with van der Waals surface area (Å²) in [6, 6.07) is 17.6. The zero-order chi connectivity index (χ0) is 22.7. The van der Waals surface area contributed by atoms with Crippen LogP contribution in [-0.4, -0.2) is 12.6 Å². The minimum absolute atomic E-state index is 0.0131. The first-order chi connectivity index (χ1) is 15.5. The number of nitriles is 1. The Balaban J connectivity index is 1.64. The van der Waals surface area contributed by atoms with E-state index in [-0.39, 0.29) is 17.2 Å². The molecular formula is C25H22N2O5. The van der Waals surface area contributed by atoms with E-state index in [0.717, 1.165) is 12.2 Å². The van der Waals surface area contributed by atoms with Gasteiger partial charge >= 0.3 is 5.97 Å². The normalized spacial score (nSPS) is 14.8. The molecule has 7 heteroatoms. The third-order valence-electron chi connectivity index (χ3n) is 5.02. The first-order valence-electron chi connectivity index (χ1n) is 10.2. The van der Waals surface area contributed by atoms with Crippen LogP contribution in [0.5, 0.6) is 17.2 Å². The Morgan fingerprint density at radius 2 is 2.00 bits per heavy atom. The molecule has 1 aromatic heterocycles. The quantitative estimate of drug-likeness (QED) is 0.441. The molecule has 2 heterocycles. The van der Waals surface area contributed by atoms with Crippen LogP contribution >= 0.6 is 0 Å². The van der Waals surface area contributed by atoms with Crippen molar-refractivity contribution in [3.8, 4) is 23.3 Å². The van der Waals surface area contributed by atoms with Gasteiger partial charge in [-0.15, -0.1) is 0 Å². The van der Waals surface area contributed by atoms with Crippen LogP contribution in [0.3, 0.4) is 0 Å². The van der Waals surface area contributed by atoms with Crippen molar-refractivity contribution >= 4 is 5.97 Å². The number of ether oxygens (including phenoxy) is 3. The molecule has 1 aliphatic rings. The molecule has 0 bridgehead atoms. The number of carbonyl (C=O) groups excluding carboxylic acids is 1. The van der Waals surface area contributed by atoms with E-state index in [1.807, 2.05) is 19.9 Å². The highest BCUT2D eigenvalue weighted by molar-refractivity contribution is 5.94. The molecule has 0 saturated heterocycles. The number of para-hydroxylation sites is 1. The molecule has 0 fully saturated rings. The number of nitrogens with zero attached hydrogens (tertiary/aromatic N) is 1. The molecule has 4 rings (SSSR count). The fraction of sp³-hybridized carbons (Fsp3) is 0.200. The summed E-state index contributed by atoms with van der Waals surface area (Å²) < 4.78 is 22.7. The zero-order valence-corrected chi connectivity index (χ0v) is 17.8. The Kier molecular flexibility index (Phi) is 5.86. The van der Waals surface area contributed by atoms with Crippen LogP contribution in [-0.2, 0) is 0 Å². The summed E-state index contributed by atoms with van der Waals surface area (Å²) in [5.74, 6) is 1.37. The predicted molar refractivity (Wildman–Crippen MR) is 116 cm³/mol. The molecule has 0 aliphatic carbocycles. The van der Waals surface area contributed by atoms with Gasteiger partial charge in [-0.2, -0.15) is 5.26 Å². The summed E-state index contributed by atoms with van der Waals surface area (Å²) in [5.41, 5.74) is 7.30. The summed E-state index contributed by atoms with van der Waals surface area (Å²) in [7, 11) is 0. The highest BCUT2D eigenvalue weighted by atomic mass is 16.5. The lowest BCUT2D eigenvalue weighted by molar-refractivity contribution is 0.0730. The number of fused-ring (bicyclic) bond motifs is 1. The minimum Gasteiger partial charge on any atom is -0.493 e. The SMILES string of the molecule is CCCOc1ccccc1C(=O)Oc1ccc2c(c1)OC(N)=C(C#N)C2c1ccc(C)o1. The molecular weight excluding hydrogens is 408 g/mol. The number of allylic oxidation sites excluding steroid dienone is 1. The van der Waals surface area contributed by atoms with E-state index >= 15 is 0 Å². The average Bonchev–Trinajstić information content (AvgIpc) is 3.22. The van der Waals surface area contributed by atoms with Gasteiger partial charge in [0.25, 0.3) is 0 Å². The topological polar surface area (TPSA) is 108 Å². The number of furan rings is 1. The van der Waals surface area contributed by atoms with Crippen LogP contribution in [0.1, 0.15) is 46.7 Å². The number of esters is 1. The molecule has 2 aromatic carbocycles. The van der Waals surface area contributed by atoms with Crippen molar-refractivity contribution in [1.29, 1.82) is 5.26 Å². The Morgan fingerprint density at radius 3 is 2.72 bits per heavy atom. The Labute approximate surface area is 185 Å². The second-order valence-corrected chi connectivity index (χ2v) is 7.31. The van der Waals surface area contributed by atoms with Gasteiger partial charge in [-0.25, -0.2) is 4.79 Å². The van der Waals surface area contributed by atoms with Gasteiger partial charge in [0.2, 0.25) is 5.88 Å². The van der Waals surface area contributed by atoms with Gasteiger partial charge < -0.3 is 24.4 Å². The van der Waals surface area contributed by atoms with Gasteiger partial charge in [0.05, 0.1) is 12.5 Å². The molecule has 0 spiro atoms. The third kappa shape index (κ3) is 4.03. The second-order valence-electron chi connectivity index (χ2n) is 7.31. The smallest absolute Gasteiger partial charge is 0.347 e. The highest BCUT2D eigenvalue weighted by Gasteiger charge is 2.33. The number of benzene rings is 2. The standard InChI is InChI=1S/C25H22N2O5/c1-3-12-29-20-7-5-4-6-18(20)25(28)31-16-9-10-17-22(13-16)32-24(27)19(14-26)23(17)21-11-8-15(2)30-21/h4-11,13,23H,3,12,27H2,1-2H3. The largest absolute Gasteiger partial charge is 0.493 e. The van der Waals surface area contributed by atoms with Crippen LogP contribution in [0.2, 0.25) is 0 Å². The van der Waals surface area contributed by atoms with Crippen molar-refractivity contribution in [2.45, 2.75) is 26.2 Å². The van der Waals surface area contributed by atoms with Gasteiger partial charge in [0.15, 0.2) is 0 Å². The Bertz CT molecular complexity index is 1240. The maximum Gasteiger partial charge on any atom is 0.347 e. The molecule has 0 radical (unpaired) electrons. The Hall–Kier alpha value is -4.18. The van der Waals surface area contributed by atoms with Crippen LogP contribution < -0.4 is 19.9 Å². The van der Waals surface area contributed by atoms with E-state index in [9.17, 15) is 10.1 Å². The summed E-state index contributed by atoms with van der Waals surface area (Å²) in [4.78, 5) is 12.8. The van der Waals surface area contributed by atoms with Crippen molar-refractivity contribution < 1.29 is 23.4 Å². The number of rotatable bonds is 6. The van der Waals surface area contributed by atoms with Gasteiger partial charge in [-0.1, -0.05) is 25.1 Å². The number of hydrogen-bond donors (Lipinski definition) is 1. The van der Waals surface area contributed by atoms with E-state index in [0.29, 0.717) is 35.0 Å². The molecule has 1 atom stereocenters. The fourth-order valence-corrected chi connectivity index (χ4v) is 3.54. The molecule has 1 unspecified atom stereocenters. The van der Waals surface area contributed by atoms with Crippen molar-refractivity contribution in [1.82, 2.24) is 0 Å². The minimum atomic E-state index is -0.549. The third-order valence-corrected chi connectivity index (χ3v) is 5.02. The lowest BCUT2D eigenvalue weighted by atomic mass is 9.87. The van der Waals surface area contributed by atoms with Crippen LogP contribution in [0.4, 0.5) is 0 Å². The maximum atomic E-state index is 12.8. The number of hydrogen-bond acceptors (Lipinski definition) is 7. The van der Waals surface area contributed by atoms with E-state index in [4.69, 9.17) is 24.4 Å². The number of carbonyl (C=O) groups is 1. The monoisotopic (exact) mass is 430 g/mol. The number of aryl methyl sites for hydroxylation is 1. The van der Waals surface area contributed by atoms with Crippen molar-refractivity contribution in [2.24, 2.45) is 5.73 Å². The van der Waals surface area contributed by atoms with Gasteiger partial charge in [-0.3, -0.25) is 0 Å². The van der Waals surface area contributed by atoms with E-state index in [1.165, 1.54) is 0 Å². The molecule has 0 amide bonds. The molecule has 2 N–H and O–H groups in total. The molecule has 7 nitrogen and oxygen atoms in total. The lowest BCUT2D eigenvalue weighted by Gasteiger charge is -2.25. The summed E-state index contributed by atoms with van der Waals surface area (Å²) in [6.45, 7) is 4.31. The van der Waals surface area contributed by atoms with Crippen LogP contribution in [0, 0.1) is 18.3 Å². The molecule has 32 heavy (non-hydrogen) atoms. The zero-order valence-electron chi connectivity index (χ0n) is 17.8. The number of nitrogens with two attached hydrogens (primary N) is 1. The van der Waals surface area contributed by atoms with Crippen molar-refractivity contribution in [2.75, 3.05) is 6.61 Å². The van der Waals surface area contributed by atoms with E-state index in [1.54, 1.807) is 48.5 Å². The molecule has 1 aliphatic heterocycles. The second kappa shape index (κ2) is 8.90. The summed E-state index contributed by atoms with van der Waals surface area (Å²) in [6.07, 6.45) is 0.821. The van der Waals surface area contributed by atoms with Gasteiger partial charge in [0.1, 0.15) is 46.0 Å². The van der Waals surface area contributed by atoms with Gasteiger partial charge in [0, 0.05) is 11.6 Å². The lowest BCUT2D eigenvalue weighted by Crippen LogP contribution is -2.21. The van der Waals surface area contributed by atoms with Crippen molar-refractivity contribution in [3.63, 3.8) is 0 Å². The first-order valence-corrected chi connectivity index (χ1v) is 10.2. The maximum absolute atomic E-state index is 12.8. The van der Waals surface area contributed by atoms with Crippen LogP contribution in [0.15, 0.2) is 70.5 Å². The predicted octanol–water partition coefficient (Wildman–Crippen LogP) is 4.81. The molecule has 0 saturated carbocycles. The van der Waals surface area contributed by atoms with E-state index in [2.05, 4.69) is 6.07 Å². The summed E-state index contributed by atoms with van der Waals surface area (Å²) in [5, 5.41) is 9.62. The van der Waals surface area contributed by atoms with Gasteiger partial charge in [-0.05, 0) is 43.7 Å². The van der Waals surface area contributed by atoms with Crippen LogP contribution in [0.25, 0.3) is 0 Å². The first kappa shape index (κ1) is 21.1. The summed E-state index contributed by atoms with van der Waals surface area (Å²) >= 11 is 0. The van der Waals surface area contributed by atoms with E-state index < -0.39 is 11.9 Å². The highest BCUT2D eigenvalue weighted by Crippen LogP contribution is 2.43. The van der Waals surface area contributed by atoms with Crippen molar-refractivity contribution in [3.05, 3.63) is 88.7 Å². The Morgan fingerprint density at radius 1 is 1.19 bits per heavy atom. The fourth-order valence-electron chi connectivity index (χ4n) is 3.54. The average molecular weight is 430 g/mol. The molecule has 3 aromatic rings.